The molecule has 1 rings (SSSR count). The Kier molecular flexibility index (Phi) is 4.44. The zero-order valence-corrected chi connectivity index (χ0v) is 9.29. The van der Waals surface area contributed by atoms with Gasteiger partial charge in [-0.25, -0.2) is 0 Å². The smallest absolute Gasteiger partial charge is 0.00694 e. The minimum Gasteiger partial charge on any atom is -0.311 e. The summed E-state index contributed by atoms with van der Waals surface area (Å²) in [5, 5.41) is 3.66. The van der Waals surface area contributed by atoms with Crippen LogP contribution in [0.5, 0.6) is 0 Å². The topological polar surface area (TPSA) is 12.0 Å². The standard InChI is InChI=1S/C10H21NS/c1-8(6-7-12-3)11-9(2)10-4-5-10/h8-11H,4-7H2,1-3H3. The van der Waals surface area contributed by atoms with Crippen molar-refractivity contribution in [3.8, 4) is 0 Å². The van der Waals surface area contributed by atoms with Crippen LogP contribution in [0.4, 0.5) is 0 Å². The maximum Gasteiger partial charge on any atom is 0.00694 e. The molecular formula is C10H21NS. The van der Waals surface area contributed by atoms with Gasteiger partial charge in [0.05, 0.1) is 0 Å². The fourth-order valence-corrected chi connectivity index (χ4v) is 2.15. The Labute approximate surface area is 80.7 Å². The molecule has 1 aliphatic carbocycles. The van der Waals surface area contributed by atoms with Crippen LogP contribution in [0.15, 0.2) is 0 Å². The summed E-state index contributed by atoms with van der Waals surface area (Å²) >= 11 is 1.94. The largest absolute Gasteiger partial charge is 0.311 e. The Morgan fingerprint density at radius 2 is 2.08 bits per heavy atom. The Morgan fingerprint density at radius 3 is 2.58 bits per heavy atom. The zero-order valence-electron chi connectivity index (χ0n) is 8.47. The molecular weight excluding hydrogens is 166 g/mol. The molecule has 2 heteroatoms. The second kappa shape index (κ2) is 5.13. The van der Waals surface area contributed by atoms with Crippen LogP contribution in [-0.4, -0.2) is 24.1 Å². The molecule has 0 aromatic heterocycles. The number of thioether (sulfide) groups is 1. The van der Waals surface area contributed by atoms with Crippen molar-refractivity contribution < 1.29 is 0 Å². The van der Waals surface area contributed by atoms with Gasteiger partial charge in [0.1, 0.15) is 0 Å². The van der Waals surface area contributed by atoms with Crippen LogP contribution in [0, 0.1) is 5.92 Å². The van der Waals surface area contributed by atoms with E-state index < -0.39 is 0 Å². The lowest BCUT2D eigenvalue weighted by molar-refractivity contribution is 0.426. The number of nitrogens with one attached hydrogen (secondary N) is 1. The van der Waals surface area contributed by atoms with Gasteiger partial charge in [0.25, 0.3) is 0 Å². The summed E-state index contributed by atoms with van der Waals surface area (Å²) < 4.78 is 0. The molecule has 1 N–H and O–H groups in total. The van der Waals surface area contributed by atoms with Gasteiger partial charge in [0.2, 0.25) is 0 Å². The molecule has 0 amide bonds. The first-order chi connectivity index (χ1) is 5.74. The van der Waals surface area contributed by atoms with Gasteiger partial charge in [-0.1, -0.05) is 0 Å². The first-order valence-electron chi connectivity index (χ1n) is 4.99. The van der Waals surface area contributed by atoms with Crippen molar-refractivity contribution in [2.24, 2.45) is 5.92 Å². The van der Waals surface area contributed by atoms with Crippen molar-refractivity contribution in [3.63, 3.8) is 0 Å². The second-order valence-corrected chi connectivity index (χ2v) is 4.96. The maximum absolute atomic E-state index is 3.66. The molecule has 2 atom stereocenters. The Bertz CT molecular complexity index is 123. The molecule has 0 heterocycles. The molecule has 0 aromatic carbocycles. The molecule has 0 radical (unpaired) electrons. The lowest BCUT2D eigenvalue weighted by Gasteiger charge is -2.19. The van der Waals surface area contributed by atoms with E-state index in [2.05, 4.69) is 25.4 Å². The van der Waals surface area contributed by atoms with E-state index in [4.69, 9.17) is 0 Å². The van der Waals surface area contributed by atoms with Crippen molar-refractivity contribution in [1.29, 1.82) is 0 Å². The van der Waals surface area contributed by atoms with Crippen LogP contribution in [0.3, 0.4) is 0 Å². The quantitative estimate of drug-likeness (QED) is 0.686. The average molecular weight is 187 g/mol. The van der Waals surface area contributed by atoms with E-state index in [1.54, 1.807) is 0 Å². The monoisotopic (exact) mass is 187 g/mol. The predicted octanol–water partition coefficient (Wildman–Crippen LogP) is 2.52. The molecule has 0 aliphatic heterocycles. The Morgan fingerprint density at radius 1 is 1.42 bits per heavy atom. The van der Waals surface area contributed by atoms with Crippen LogP contribution in [0.25, 0.3) is 0 Å². The highest BCUT2D eigenvalue weighted by molar-refractivity contribution is 7.98. The van der Waals surface area contributed by atoms with Crippen molar-refractivity contribution in [3.05, 3.63) is 0 Å². The van der Waals surface area contributed by atoms with E-state index in [9.17, 15) is 0 Å². The third-order valence-corrected chi connectivity index (χ3v) is 3.28. The highest BCUT2D eigenvalue weighted by Gasteiger charge is 2.28. The van der Waals surface area contributed by atoms with Gasteiger partial charge in [-0.05, 0) is 51.0 Å². The Hall–Kier alpha value is 0.310. The van der Waals surface area contributed by atoms with Gasteiger partial charge in [0, 0.05) is 12.1 Å². The molecule has 72 valence electrons. The van der Waals surface area contributed by atoms with Gasteiger partial charge in [-0.15, -0.1) is 0 Å². The molecule has 0 aromatic rings. The van der Waals surface area contributed by atoms with Crippen LogP contribution >= 0.6 is 11.8 Å². The first kappa shape index (κ1) is 10.4. The van der Waals surface area contributed by atoms with Gasteiger partial charge in [-0.2, -0.15) is 11.8 Å². The van der Waals surface area contributed by atoms with Crippen LogP contribution in [0.1, 0.15) is 33.1 Å². The zero-order chi connectivity index (χ0) is 8.97. The van der Waals surface area contributed by atoms with Crippen LogP contribution in [0.2, 0.25) is 0 Å². The summed E-state index contributed by atoms with van der Waals surface area (Å²) in [6.45, 7) is 4.63. The van der Waals surface area contributed by atoms with Crippen molar-refractivity contribution >= 4 is 11.8 Å². The molecule has 1 fully saturated rings. The summed E-state index contributed by atoms with van der Waals surface area (Å²) in [6, 6.07) is 1.45. The summed E-state index contributed by atoms with van der Waals surface area (Å²) in [4.78, 5) is 0. The maximum atomic E-state index is 3.66. The van der Waals surface area contributed by atoms with Gasteiger partial charge in [-0.3, -0.25) is 0 Å². The predicted molar refractivity (Wildman–Crippen MR) is 57.8 cm³/mol. The second-order valence-electron chi connectivity index (χ2n) is 3.98. The summed E-state index contributed by atoms with van der Waals surface area (Å²) in [5.74, 6) is 2.27. The van der Waals surface area contributed by atoms with E-state index >= 15 is 0 Å². The summed E-state index contributed by atoms with van der Waals surface area (Å²) in [7, 11) is 0. The highest BCUT2D eigenvalue weighted by atomic mass is 32.2. The van der Waals surface area contributed by atoms with Crippen LogP contribution in [-0.2, 0) is 0 Å². The van der Waals surface area contributed by atoms with E-state index in [0.29, 0.717) is 6.04 Å². The van der Waals surface area contributed by atoms with Crippen LogP contribution < -0.4 is 5.32 Å². The Balaban J connectivity index is 2.03. The normalized spacial score (nSPS) is 22.2. The number of rotatable bonds is 6. The lowest BCUT2D eigenvalue weighted by Crippen LogP contribution is -2.36. The molecule has 0 saturated heterocycles. The van der Waals surface area contributed by atoms with Gasteiger partial charge >= 0.3 is 0 Å². The molecule has 1 aliphatic rings. The SMILES string of the molecule is CSCCC(C)NC(C)C1CC1. The number of hydrogen-bond donors (Lipinski definition) is 1. The van der Waals surface area contributed by atoms with E-state index in [0.717, 1.165) is 12.0 Å². The van der Waals surface area contributed by atoms with Gasteiger partial charge in [0.15, 0.2) is 0 Å². The highest BCUT2D eigenvalue weighted by Crippen LogP contribution is 2.32. The van der Waals surface area contributed by atoms with Gasteiger partial charge < -0.3 is 5.32 Å². The average Bonchev–Trinajstić information content (AvgIpc) is 2.82. The molecule has 2 unspecified atom stereocenters. The third kappa shape index (κ3) is 3.81. The van der Waals surface area contributed by atoms with Crippen molar-refractivity contribution in [2.45, 2.75) is 45.2 Å². The fourth-order valence-electron chi connectivity index (χ4n) is 1.56. The third-order valence-electron chi connectivity index (χ3n) is 2.63. The van der Waals surface area contributed by atoms with E-state index in [1.807, 2.05) is 11.8 Å². The van der Waals surface area contributed by atoms with E-state index in [1.165, 1.54) is 25.0 Å². The molecule has 0 bridgehead atoms. The van der Waals surface area contributed by atoms with Crippen molar-refractivity contribution in [2.75, 3.05) is 12.0 Å². The lowest BCUT2D eigenvalue weighted by atomic mass is 10.1. The minimum atomic E-state index is 0.702. The molecule has 12 heavy (non-hydrogen) atoms. The minimum absolute atomic E-state index is 0.702. The van der Waals surface area contributed by atoms with E-state index in [-0.39, 0.29) is 0 Å². The molecule has 0 spiro atoms. The summed E-state index contributed by atoms with van der Waals surface area (Å²) in [5.41, 5.74) is 0. The van der Waals surface area contributed by atoms with Crippen molar-refractivity contribution in [1.82, 2.24) is 5.32 Å². The fraction of sp³-hybridized carbons (Fsp3) is 1.00. The number of hydrogen-bond acceptors (Lipinski definition) is 2. The first-order valence-corrected chi connectivity index (χ1v) is 6.38. The molecule has 1 nitrogen and oxygen atoms in total. The molecule has 1 saturated carbocycles. The summed E-state index contributed by atoms with van der Waals surface area (Å²) in [6.07, 6.45) is 6.38.